The van der Waals surface area contributed by atoms with Gasteiger partial charge in [-0.3, -0.25) is 9.69 Å². The summed E-state index contributed by atoms with van der Waals surface area (Å²) in [7, 11) is 0. The lowest BCUT2D eigenvalue weighted by atomic mass is 10.2. The maximum atomic E-state index is 13.0. The Morgan fingerprint density at radius 2 is 1.81 bits per heavy atom. The van der Waals surface area contributed by atoms with E-state index in [0.29, 0.717) is 28.0 Å². The monoisotopic (exact) mass is 416 g/mol. The van der Waals surface area contributed by atoms with E-state index in [4.69, 9.17) is 12.2 Å². The van der Waals surface area contributed by atoms with Gasteiger partial charge >= 0.3 is 6.18 Å². The highest BCUT2D eigenvalue weighted by atomic mass is 32.2. The highest BCUT2D eigenvalue weighted by Crippen LogP contribution is 2.48. The predicted octanol–water partition coefficient (Wildman–Crippen LogP) is 5.24. The Balaban J connectivity index is 1.90. The van der Waals surface area contributed by atoms with Crippen molar-refractivity contribution in [3.63, 3.8) is 0 Å². The number of thioether (sulfide) groups is 2. The van der Waals surface area contributed by atoms with E-state index >= 15 is 0 Å². The molecule has 0 radical (unpaired) electrons. The molecule has 0 bridgehead atoms. The molecule has 9 heteroatoms. The summed E-state index contributed by atoms with van der Waals surface area (Å²) >= 11 is 7.80. The van der Waals surface area contributed by atoms with Gasteiger partial charge < -0.3 is 4.90 Å². The number of benzene rings is 1. The van der Waals surface area contributed by atoms with E-state index in [0.717, 1.165) is 16.0 Å². The fourth-order valence-corrected chi connectivity index (χ4v) is 5.10. The smallest absolute Gasteiger partial charge is 0.335 e. The minimum Gasteiger partial charge on any atom is -0.335 e. The first-order valence-electron chi connectivity index (χ1n) is 7.88. The van der Waals surface area contributed by atoms with Crippen molar-refractivity contribution >= 4 is 51.7 Å². The van der Waals surface area contributed by atoms with Crippen LogP contribution in [-0.4, -0.2) is 28.2 Å². The van der Waals surface area contributed by atoms with Gasteiger partial charge in [-0.05, 0) is 44.2 Å². The van der Waals surface area contributed by atoms with Gasteiger partial charge in [0.25, 0.3) is 5.91 Å². The zero-order valence-corrected chi connectivity index (χ0v) is 16.4. The minimum absolute atomic E-state index is 0.137. The number of carbonyl (C=O) groups excluding carboxylic acids is 1. The number of halogens is 3. The van der Waals surface area contributed by atoms with Crippen molar-refractivity contribution in [1.29, 1.82) is 0 Å². The Hall–Kier alpha value is -1.45. The molecule has 2 heterocycles. The normalized spacial score (nSPS) is 20.7. The van der Waals surface area contributed by atoms with Gasteiger partial charge in [0.05, 0.1) is 21.2 Å². The van der Waals surface area contributed by atoms with Gasteiger partial charge in [-0.25, -0.2) is 0 Å². The summed E-state index contributed by atoms with van der Waals surface area (Å²) in [6.07, 6.45) is -0.917. The summed E-state index contributed by atoms with van der Waals surface area (Å²) in [5, 5.41) is 0.781. The van der Waals surface area contributed by atoms with Crippen molar-refractivity contribution in [2.75, 3.05) is 18.0 Å². The third kappa shape index (κ3) is 3.52. The number of thiocarbonyl (C=S) groups is 1. The number of allylic oxidation sites excluding steroid dienone is 2. The van der Waals surface area contributed by atoms with Gasteiger partial charge in [-0.15, -0.1) is 0 Å². The fraction of sp³-hybridized carbons (Fsp3) is 0.294. The van der Waals surface area contributed by atoms with Crippen LogP contribution < -0.4 is 4.90 Å². The van der Waals surface area contributed by atoms with E-state index in [1.54, 1.807) is 12.2 Å². The molecule has 0 spiro atoms. The number of alkyl halides is 3. The number of hydrogen-bond acceptors (Lipinski definition) is 5. The van der Waals surface area contributed by atoms with Gasteiger partial charge in [0.2, 0.25) is 0 Å². The molecule has 3 nitrogen and oxygen atoms in total. The summed E-state index contributed by atoms with van der Waals surface area (Å²) in [6, 6.07) is 3.75. The number of fused-ring (bicyclic) bond motifs is 1. The summed E-state index contributed by atoms with van der Waals surface area (Å²) < 4.78 is 39.5. The lowest BCUT2D eigenvalue weighted by Gasteiger charge is -2.18. The van der Waals surface area contributed by atoms with Crippen molar-refractivity contribution < 1.29 is 18.0 Å². The van der Waals surface area contributed by atoms with Crippen LogP contribution >= 0.6 is 35.7 Å². The molecule has 1 amide bonds. The summed E-state index contributed by atoms with van der Waals surface area (Å²) in [5.74, 6) is -0.137. The first-order chi connectivity index (χ1) is 12.3. The quantitative estimate of drug-likeness (QED) is 0.495. The van der Waals surface area contributed by atoms with Gasteiger partial charge in [0.1, 0.15) is 4.32 Å². The molecule has 138 valence electrons. The van der Waals surface area contributed by atoms with Crippen molar-refractivity contribution in [1.82, 2.24) is 4.90 Å². The van der Waals surface area contributed by atoms with E-state index in [1.807, 2.05) is 18.7 Å². The second-order valence-electron chi connectivity index (χ2n) is 5.48. The van der Waals surface area contributed by atoms with Gasteiger partial charge in [-0.2, -0.15) is 13.2 Å². The predicted molar refractivity (Wildman–Crippen MR) is 104 cm³/mol. The summed E-state index contributed by atoms with van der Waals surface area (Å²) in [5.41, 5.74) is -0.131. The molecule has 0 atom stereocenters. The lowest BCUT2D eigenvalue weighted by Crippen LogP contribution is -2.27. The Bertz CT molecular complexity index is 833. The second-order valence-corrected chi connectivity index (χ2v) is 8.22. The van der Waals surface area contributed by atoms with Gasteiger partial charge in [-0.1, -0.05) is 35.7 Å². The number of likely N-dealkylation sites (N-methyl/N-ethyl adjacent to an activating group) is 1. The maximum Gasteiger partial charge on any atom is 0.416 e. The zero-order valence-electron chi connectivity index (χ0n) is 14.0. The Morgan fingerprint density at radius 1 is 1.12 bits per heavy atom. The minimum atomic E-state index is -4.38. The van der Waals surface area contributed by atoms with E-state index in [2.05, 4.69) is 0 Å². The molecule has 0 unspecified atom stereocenters. The second kappa shape index (κ2) is 7.28. The molecule has 2 aliphatic rings. The van der Waals surface area contributed by atoms with Crippen LogP contribution in [0.25, 0.3) is 0 Å². The maximum absolute atomic E-state index is 13.0. The van der Waals surface area contributed by atoms with Gasteiger partial charge in [0.15, 0.2) is 0 Å². The van der Waals surface area contributed by atoms with Crippen molar-refractivity contribution in [3.05, 3.63) is 45.8 Å². The number of amides is 1. The molecule has 26 heavy (non-hydrogen) atoms. The number of rotatable bonds is 3. The molecule has 0 N–H and O–H groups in total. The van der Waals surface area contributed by atoms with Crippen LogP contribution in [0.15, 0.2) is 45.2 Å². The third-order valence-electron chi connectivity index (χ3n) is 3.94. The first-order valence-corrected chi connectivity index (χ1v) is 9.92. The lowest BCUT2D eigenvalue weighted by molar-refractivity contribution is -0.137. The molecule has 2 aliphatic heterocycles. The molecule has 0 aromatic heterocycles. The summed E-state index contributed by atoms with van der Waals surface area (Å²) in [4.78, 5) is 16.9. The van der Waals surface area contributed by atoms with Crippen LogP contribution in [0.3, 0.4) is 0 Å². The Labute approximate surface area is 163 Å². The average Bonchev–Trinajstić information content (AvgIpc) is 3.07. The fourth-order valence-electron chi connectivity index (χ4n) is 2.66. The molecule has 1 aromatic carbocycles. The number of carbonyl (C=O) groups is 1. The van der Waals surface area contributed by atoms with Crippen molar-refractivity contribution in [2.45, 2.75) is 24.9 Å². The number of hydrogen-bond donors (Lipinski definition) is 0. The topological polar surface area (TPSA) is 23.6 Å². The SMILES string of the molecule is CCN1C(=O)/C(=C/C=C2\Sc3ccc(C(F)(F)F)cc3N2CC)SC1=S. The Morgan fingerprint density at radius 3 is 2.38 bits per heavy atom. The third-order valence-corrected chi connectivity index (χ3v) is 6.47. The molecular weight excluding hydrogens is 401 g/mol. The molecule has 0 aliphatic carbocycles. The van der Waals surface area contributed by atoms with E-state index in [9.17, 15) is 18.0 Å². The van der Waals surface area contributed by atoms with Gasteiger partial charge in [0, 0.05) is 18.0 Å². The molecule has 0 saturated carbocycles. The largest absolute Gasteiger partial charge is 0.416 e. The van der Waals surface area contributed by atoms with E-state index in [1.165, 1.54) is 40.6 Å². The highest BCUT2D eigenvalue weighted by molar-refractivity contribution is 8.26. The molecular formula is C17H15F3N2OS3. The number of anilines is 1. The average molecular weight is 417 g/mol. The molecule has 1 fully saturated rings. The Kier molecular flexibility index (Phi) is 5.41. The molecule has 3 rings (SSSR count). The van der Waals surface area contributed by atoms with E-state index < -0.39 is 11.7 Å². The van der Waals surface area contributed by atoms with Crippen molar-refractivity contribution in [2.24, 2.45) is 0 Å². The van der Waals surface area contributed by atoms with Crippen LogP contribution in [0, 0.1) is 0 Å². The first kappa shape index (κ1) is 19.3. The van der Waals surface area contributed by atoms with Crippen LogP contribution in [0.2, 0.25) is 0 Å². The van der Waals surface area contributed by atoms with Crippen LogP contribution in [0.4, 0.5) is 18.9 Å². The van der Waals surface area contributed by atoms with Crippen LogP contribution in [0.5, 0.6) is 0 Å². The van der Waals surface area contributed by atoms with Crippen molar-refractivity contribution in [3.8, 4) is 0 Å². The standard InChI is InChI=1S/C17H15F3N2OS3/c1-3-21-11-9-10(17(18,19)20)5-6-12(11)25-14(21)8-7-13-15(23)22(4-2)16(24)26-13/h5-9H,3-4H2,1-2H3/b13-7-,14-8-. The molecule has 1 aromatic rings. The van der Waals surface area contributed by atoms with Crippen LogP contribution in [-0.2, 0) is 11.0 Å². The summed E-state index contributed by atoms with van der Waals surface area (Å²) in [6.45, 7) is 4.77. The number of nitrogens with zero attached hydrogens (tertiary/aromatic N) is 2. The van der Waals surface area contributed by atoms with E-state index in [-0.39, 0.29) is 5.91 Å². The highest BCUT2D eigenvalue weighted by Gasteiger charge is 2.34. The molecule has 1 saturated heterocycles. The zero-order chi connectivity index (χ0) is 19.1. The van der Waals surface area contributed by atoms with Crippen LogP contribution in [0.1, 0.15) is 19.4 Å².